The van der Waals surface area contributed by atoms with E-state index >= 15 is 0 Å². The van der Waals surface area contributed by atoms with Gasteiger partial charge in [0.2, 0.25) is 0 Å². The lowest BCUT2D eigenvalue weighted by molar-refractivity contribution is 0.301. The van der Waals surface area contributed by atoms with Gasteiger partial charge in [-0.05, 0) is 49.2 Å². The zero-order valence-corrected chi connectivity index (χ0v) is 14.7. The Labute approximate surface area is 148 Å². The van der Waals surface area contributed by atoms with Crippen LogP contribution in [0, 0.1) is 6.92 Å². The largest absolute Gasteiger partial charge is 0.487 e. The number of nitrogens with zero attached hydrogens (tertiary/aromatic N) is 3. The highest BCUT2D eigenvalue weighted by molar-refractivity contribution is 5.28. The van der Waals surface area contributed by atoms with Crippen LogP contribution in [0.15, 0.2) is 61.1 Å². The molecule has 0 bridgehead atoms. The summed E-state index contributed by atoms with van der Waals surface area (Å²) >= 11 is 0. The summed E-state index contributed by atoms with van der Waals surface area (Å²) < 4.78 is 7.81. The number of benzene rings is 1. The predicted molar refractivity (Wildman–Crippen MR) is 98.3 cm³/mol. The number of rotatable bonds is 8. The number of hydrogen-bond acceptors (Lipinski definition) is 4. The van der Waals surface area contributed by atoms with Crippen LogP contribution < -0.4 is 10.1 Å². The van der Waals surface area contributed by atoms with E-state index in [0.717, 1.165) is 24.5 Å². The van der Waals surface area contributed by atoms with Crippen molar-refractivity contribution in [3.05, 3.63) is 77.9 Å². The second kappa shape index (κ2) is 8.44. The Morgan fingerprint density at radius 3 is 2.88 bits per heavy atom. The summed E-state index contributed by atoms with van der Waals surface area (Å²) in [5, 5.41) is 7.86. The van der Waals surface area contributed by atoms with Crippen LogP contribution in [0.3, 0.4) is 0 Å². The smallest absolute Gasteiger partial charge is 0.130 e. The van der Waals surface area contributed by atoms with E-state index in [4.69, 9.17) is 4.74 Å². The number of pyridine rings is 1. The van der Waals surface area contributed by atoms with Crippen LogP contribution in [0.4, 0.5) is 0 Å². The van der Waals surface area contributed by atoms with Crippen LogP contribution in [-0.4, -0.2) is 20.8 Å². The van der Waals surface area contributed by atoms with Crippen molar-refractivity contribution in [2.45, 2.75) is 39.6 Å². The fraction of sp³-hybridized carbons (Fsp3) is 0.300. The molecular weight excluding hydrogens is 312 g/mol. The number of nitrogens with one attached hydrogen (secondary N) is 1. The van der Waals surface area contributed by atoms with E-state index in [9.17, 15) is 0 Å². The first-order valence-electron chi connectivity index (χ1n) is 8.53. The van der Waals surface area contributed by atoms with Crippen molar-refractivity contribution >= 4 is 0 Å². The van der Waals surface area contributed by atoms with E-state index < -0.39 is 0 Å². The van der Waals surface area contributed by atoms with Gasteiger partial charge in [0.15, 0.2) is 0 Å². The molecule has 5 nitrogen and oxygen atoms in total. The fourth-order valence-electron chi connectivity index (χ4n) is 2.59. The Balaban J connectivity index is 1.49. The molecule has 0 radical (unpaired) electrons. The van der Waals surface area contributed by atoms with Crippen LogP contribution in [-0.2, 0) is 19.7 Å². The van der Waals surface area contributed by atoms with E-state index in [1.165, 1.54) is 11.1 Å². The van der Waals surface area contributed by atoms with Gasteiger partial charge in [0.1, 0.15) is 12.4 Å². The molecule has 0 saturated carbocycles. The summed E-state index contributed by atoms with van der Waals surface area (Å²) in [7, 11) is 0. The molecule has 0 aliphatic heterocycles. The van der Waals surface area contributed by atoms with Crippen molar-refractivity contribution in [2.24, 2.45) is 0 Å². The molecule has 3 aromatic rings. The number of aromatic nitrogens is 3. The summed E-state index contributed by atoms with van der Waals surface area (Å²) in [6.07, 6.45) is 5.72. The lowest BCUT2D eigenvalue weighted by Crippen LogP contribution is -2.30. The lowest BCUT2D eigenvalue weighted by Gasteiger charge is -2.14. The van der Waals surface area contributed by atoms with Crippen molar-refractivity contribution in [1.29, 1.82) is 0 Å². The van der Waals surface area contributed by atoms with Crippen LogP contribution in [0.1, 0.15) is 23.7 Å². The molecule has 0 aliphatic carbocycles. The Hall–Kier alpha value is -2.66. The molecule has 2 aromatic heterocycles. The molecule has 130 valence electrons. The second-order valence-corrected chi connectivity index (χ2v) is 6.28. The average Bonchev–Trinajstić information content (AvgIpc) is 3.04. The Morgan fingerprint density at radius 2 is 2.12 bits per heavy atom. The zero-order valence-electron chi connectivity index (χ0n) is 14.7. The van der Waals surface area contributed by atoms with Gasteiger partial charge < -0.3 is 10.1 Å². The quantitative estimate of drug-likeness (QED) is 0.685. The molecule has 0 fully saturated rings. The van der Waals surface area contributed by atoms with Gasteiger partial charge in [0, 0.05) is 25.0 Å². The lowest BCUT2D eigenvalue weighted by atomic mass is 10.2. The molecule has 3 rings (SSSR count). The third kappa shape index (κ3) is 5.43. The monoisotopic (exact) mass is 336 g/mol. The highest BCUT2D eigenvalue weighted by Crippen LogP contribution is 2.15. The number of hydrogen-bond donors (Lipinski definition) is 1. The van der Waals surface area contributed by atoms with E-state index in [1.807, 2.05) is 41.2 Å². The third-order valence-electron chi connectivity index (χ3n) is 3.89. The molecule has 0 saturated heterocycles. The minimum atomic E-state index is 0.331. The molecule has 1 unspecified atom stereocenters. The standard InChI is InChI=1S/C20H24N4O/c1-16-11-23-24(13-16)14-17(2)22-12-18-6-5-8-20(10-18)25-15-19-7-3-4-9-21-19/h3-11,13,17,22H,12,14-15H2,1-2H3. The summed E-state index contributed by atoms with van der Waals surface area (Å²) in [6, 6.07) is 14.3. The molecular formula is C20H24N4O. The highest BCUT2D eigenvalue weighted by Gasteiger charge is 2.05. The van der Waals surface area contributed by atoms with E-state index in [1.54, 1.807) is 6.20 Å². The van der Waals surface area contributed by atoms with Crippen molar-refractivity contribution in [3.8, 4) is 5.75 Å². The molecule has 0 aliphatic rings. The Morgan fingerprint density at radius 1 is 1.20 bits per heavy atom. The highest BCUT2D eigenvalue weighted by atomic mass is 16.5. The average molecular weight is 336 g/mol. The van der Waals surface area contributed by atoms with E-state index in [2.05, 4.69) is 47.6 Å². The van der Waals surface area contributed by atoms with Crippen LogP contribution in [0.25, 0.3) is 0 Å². The minimum Gasteiger partial charge on any atom is -0.487 e. The van der Waals surface area contributed by atoms with E-state index in [0.29, 0.717) is 12.6 Å². The van der Waals surface area contributed by atoms with Crippen LogP contribution in [0.5, 0.6) is 5.75 Å². The van der Waals surface area contributed by atoms with Gasteiger partial charge in [-0.2, -0.15) is 5.10 Å². The summed E-state index contributed by atoms with van der Waals surface area (Å²) in [5.74, 6) is 0.861. The molecule has 0 spiro atoms. The van der Waals surface area contributed by atoms with Gasteiger partial charge >= 0.3 is 0 Å². The van der Waals surface area contributed by atoms with Crippen molar-refractivity contribution in [3.63, 3.8) is 0 Å². The topological polar surface area (TPSA) is 52.0 Å². The fourth-order valence-corrected chi connectivity index (χ4v) is 2.59. The summed E-state index contributed by atoms with van der Waals surface area (Å²) in [4.78, 5) is 4.27. The second-order valence-electron chi connectivity index (χ2n) is 6.28. The Kier molecular flexibility index (Phi) is 5.80. The maximum atomic E-state index is 5.83. The third-order valence-corrected chi connectivity index (χ3v) is 3.89. The molecule has 0 amide bonds. The molecule has 2 heterocycles. The molecule has 5 heteroatoms. The molecule has 1 aromatic carbocycles. The molecule has 1 atom stereocenters. The van der Waals surface area contributed by atoms with Crippen molar-refractivity contribution in [1.82, 2.24) is 20.1 Å². The minimum absolute atomic E-state index is 0.331. The van der Waals surface area contributed by atoms with Gasteiger partial charge in [-0.3, -0.25) is 9.67 Å². The predicted octanol–water partition coefficient (Wildman–Crippen LogP) is 3.34. The summed E-state index contributed by atoms with van der Waals surface area (Å²) in [6.45, 7) is 6.34. The van der Waals surface area contributed by atoms with E-state index in [-0.39, 0.29) is 0 Å². The number of aryl methyl sites for hydroxylation is 1. The molecule has 1 N–H and O–H groups in total. The maximum absolute atomic E-state index is 5.83. The summed E-state index contributed by atoms with van der Waals surface area (Å²) in [5.41, 5.74) is 3.31. The SMILES string of the molecule is Cc1cnn(CC(C)NCc2cccc(OCc3ccccn3)c2)c1. The molecule has 25 heavy (non-hydrogen) atoms. The normalized spacial score (nSPS) is 12.1. The maximum Gasteiger partial charge on any atom is 0.130 e. The van der Waals surface area contributed by atoms with Crippen molar-refractivity contribution < 1.29 is 4.74 Å². The van der Waals surface area contributed by atoms with Crippen LogP contribution >= 0.6 is 0 Å². The number of ether oxygens (including phenoxy) is 1. The zero-order chi connectivity index (χ0) is 17.5. The first kappa shape index (κ1) is 17.2. The van der Waals surface area contributed by atoms with Gasteiger partial charge in [-0.1, -0.05) is 18.2 Å². The first-order chi connectivity index (χ1) is 12.2. The Bertz CT molecular complexity index is 785. The van der Waals surface area contributed by atoms with Gasteiger partial charge in [-0.25, -0.2) is 0 Å². The van der Waals surface area contributed by atoms with Crippen LogP contribution in [0.2, 0.25) is 0 Å². The van der Waals surface area contributed by atoms with Gasteiger partial charge in [0.05, 0.1) is 18.4 Å². The van der Waals surface area contributed by atoms with Crippen molar-refractivity contribution in [2.75, 3.05) is 0 Å². The van der Waals surface area contributed by atoms with Gasteiger partial charge in [0.25, 0.3) is 0 Å². The van der Waals surface area contributed by atoms with Gasteiger partial charge in [-0.15, -0.1) is 0 Å². The first-order valence-corrected chi connectivity index (χ1v) is 8.53.